The van der Waals surface area contributed by atoms with Crippen molar-refractivity contribution in [2.24, 2.45) is 0 Å². The smallest absolute Gasteiger partial charge is 0.303 e. The van der Waals surface area contributed by atoms with Gasteiger partial charge in [0, 0.05) is 29.7 Å². The van der Waals surface area contributed by atoms with Gasteiger partial charge in [0.15, 0.2) is 0 Å². The molecule has 0 bridgehead atoms. The van der Waals surface area contributed by atoms with Crippen molar-refractivity contribution in [1.82, 2.24) is 14.7 Å². The molecule has 3 N–H and O–H groups in total. The van der Waals surface area contributed by atoms with Crippen molar-refractivity contribution in [2.75, 3.05) is 0 Å². The lowest BCUT2D eigenvalue weighted by molar-refractivity contribution is -0.137. The number of aliphatic carboxylic acids is 1. The topological polar surface area (TPSA) is 112 Å². The molecule has 0 aliphatic heterocycles. The first kappa shape index (κ1) is 15.5. The molecule has 0 aliphatic carbocycles. The number of carboxylic acid groups (broad SMARTS) is 1. The van der Waals surface area contributed by atoms with Crippen LogP contribution in [0.2, 0.25) is 0 Å². The number of aromatic amines is 1. The van der Waals surface area contributed by atoms with Crippen LogP contribution in [0.1, 0.15) is 26.7 Å². The molecule has 2 heterocycles. The van der Waals surface area contributed by atoms with Crippen LogP contribution in [0, 0.1) is 0 Å². The number of pyridine rings is 1. The van der Waals surface area contributed by atoms with E-state index in [0.717, 1.165) is 0 Å². The molecule has 0 saturated heterocycles. The largest absolute Gasteiger partial charge is 0.481 e. The summed E-state index contributed by atoms with van der Waals surface area (Å²) >= 11 is 0. The highest BCUT2D eigenvalue weighted by Gasteiger charge is 2.28. The van der Waals surface area contributed by atoms with E-state index in [1.165, 1.54) is 6.20 Å². The second kappa shape index (κ2) is 5.45. The normalized spacial score (nSPS) is 12.7. The van der Waals surface area contributed by atoms with Gasteiger partial charge in [0.25, 0.3) is 0 Å². The predicted molar refractivity (Wildman–Crippen MR) is 77.4 cm³/mol. The quantitative estimate of drug-likeness (QED) is 0.748. The number of nitrogens with one attached hydrogen (secondary N) is 2. The minimum atomic E-state index is -3.76. The van der Waals surface area contributed by atoms with Gasteiger partial charge < -0.3 is 10.1 Å². The molecule has 2 rings (SSSR count). The highest BCUT2D eigenvalue weighted by Crippen LogP contribution is 2.23. The van der Waals surface area contributed by atoms with Gasteiger partial charge in [0.1, 0.15) is 10.5 Å². The van der Waals surface area contributed by atoms with E-state index >= 15 is 0 Å². The average Bonchev–Trinajstić information content (AvgIpc) is 2.80. The van der Waals surface area contributed by atoms with E-state index < -0.39 is 21.5 Å². The summed E-state index contributed by atoms with van der Waals surface area (Å²) in [5.74, 6) is -0.960. The zero-order valence-corrected chi connectivity index (χ0v) is 12.6. The molecule has 114 valence electrons. The first-order chi connectivity index (χ1) is 9.71. The SMILES string of the molecule is CC(C)(CCC(=O)O)NS(=O)(=O)c1c[nH]c2ncccc12. The lowest BCUT2D eigenvalue weighted by Crippen LogP contribution is -2.43. The number of carboxylic acids is 1. The third-order valence-corrected chi connectivity index (χ3v) is 4.82. The monoisotopic (exact) mass is 311 g/mol. The summed E-state index contributed by atoms with van der Waals surface area (Å²) in [7, 11) is -3.76. The minimum Gasteiger partial charge on any atom is -0.481 e. The maximum atomic E-state index is 12.5. The Morgan fingerprint density at radius 3 is 2.86 bits per heavy atom. The maximum Gasteiger partial charge on any atom is 0.303 e. The molecule has 7 nitrogen and oxygen atoms in total. The van der Waals surface area contributed by atoms with Gasteiger partial charge in [-0.2, -0.15) is 0 Å². The number of H-pyrrole nitrogens is 1. The van der Waals surface area contributed by atoms with Crippen LogP contribution in [0.15, 0.2) is 29.4 Å². The summed E-state index contributed by atoms with van der Waals surface area (Å²) in [6.07, 6.45) is 3.04. The minimum absolute atomic E-state index is 0.106. The van der Waals surface area contributed by atoms with E-state index in [-0.39, 0.29) is 17.7 Å². The van der Waals surface area contributed by atoms with Crippen molar-refractivity contribution in [1.29, 1.82) is 0 Å². The first-order valence-electron chi connectivity index (χ1n) is 6.39. The number of nitrogens with zero attached hydrogens (tertiary/aromatic N) is 1. The summed E-state index contributed by atoms with van der Waals surface area (Å²) < 4.78 is 27.5. The van der Waals surface area contributed by atoms with E-state index in [1.54, 1.807) is 32.2 Å². The van der Waals surface area contributed by atoms with E-state index in [2.05, 4.69) is 14.7 Å². The van der Waals surface area contributed by atoms with Crippen LogP contribution in [0.4, 0.5) is 0 Å². The molecule has 2 aromatic heterocycles. The summed E-state index contributed by atoms with van der Waals surface area (Å²) in [5, 5.41) is 9.21. The third-order valence-electron chi connectivity index (χ3n) is 3.08. The van der Waals surface area contributed by atoms with Crippen LogP contribution < -0.4 is 4.72 Å². The van der Waals surface area contributed by atoms with Crippen molar-refractivity contribution in [3.8, 4) is 0 Å². The van der Waals surface area contributed by atoms with Gasteiger partial charge in [0.2, 0.25) is 10.0 Å². The predicted octanol–water partition coefficient (Wildman–Crippen LogP) is 1.48. The Morgan fingerprint density at radius 1 is 1.48 bits per heavy atom. The fourth-order valence-corrected chi connectivity index (χ4v) is 3.65. The molecule has 0 spiro atoms. The van der Waals surface area contributed by atoms with Gasteiger partial charge in [-0.25, -0.2) is 18.1 Å². The fourth-order valence-electron chi connectivity index (χ4n) is 2.04. The summed E-state index contributed by atoms with van der Waals surface area (Å²) in [5.41, 5.74) is -0.371. The lowest BCUT2D eigenvalue weighted by Gasteiger charge is -2.25. The highest BCUT2D eigenvalue weighted by atomic mass is 32.2. The zero-order chi connectivity index (χ0) is 15.7. The lowest BCUT2D eigenvalue weighted by atomic mass is 10.0. The van der Waals surface area contributed by atoms with Gasteiger partial charge in [-0.15, -0.1) is 0 Å². The molecular formula is C13H17N3O4S. The number of rotatable bonds is 6. The van der Waals surface area contributed by atoms with Crippen molar-refractivity contribution in [2.45, 2.75) is 37.1 Å². The van der Waals surface area contributed by atoms with Crippen LogP contribution in [0.25, 0.3) is 11.0 Å². The van der Waals surface area contributed by atoms with Gasteiger partial charge in [-0.3, -0.25) is 4.79 Å². The van der Waals surface area contributed by atoms with Gasteiger partial charge in [0.05, 0.1) is 0 Å². The second-order valence-electron chi connectivity index (χ2n) is 5.44. The molecule has 2 aromatic rings. The first-order valence-corrected chi connectivity index (χ1v) is 7.87. The molecule has 0 aromatic carbocycles. The third kappa shape index (κ3) is 3.59. The second-order valence-corrected chi connectivity index (χ2v) is 7.09. The molecule has 0 fully saturated rings. The Hall–Kier alpha value is -1.93. The van der Waals surface area contributed by atoms with Crippen molar-refractivity contribution in [3.05, 3.63) is 24.5 Å². The summed E-state index contributed by atoms with van der Waals surface area (Å²) in [6, 6.07) is 3.32. The standard InChI is InChI=1S/C13H17N3O4S/c1-13(2,6-5-11(17)18)16-21(19,20)10-8-15-12-9(10)4-3-7-14-12/h3-4,7-8,16H,5-6H2,1-2H3,(H,14,15)(H,17,18). The molecule has 0 radical (unpaired) electrons. The fraction of sp³-hybridized carbons (Fsp3) is 0.385. The number of hydrogen-bond acceptors (Lipinski definition) is 4. The molecule has 0 amide bonds. The van der Waals surface area contributed by atoms with Crippen LogP contribution in [0.3, 0.4) is 0 Å². The molecule has 0 aliphatic rings. The zero-order valence-electron chi connectivity index (χ0n) is 11.8. The maximum absolute atomic E-state index is 12.5. The Balaban J connectivity index is 2.28. The van der Waals surface area contributed by atoms with E-state index in [9.17, 15) is 13.2 Å². The van der Waals surface area contributed by atoms with Crippen molar-refractivity contribution < 1.29 is 18.3 Å². The number of carbonyl (C=O) groups is 1. The summed E-state index contributed by atoms with van der Waals surface area (Å²) in [6.45, 7) is 3.31. The van der Waals surface area contributed by atoms with Crippen LogP contribution >= 0.6 is 0 Å². The van der Waals surface area contributed by atoms with Crippen molar-refractivity contribution in [3.63, 3.8) is 0 Å². The highest BCUT2D eigenvalue weighted by molar-refractivity contribution is 7.89. The molecule has 0 saturated carbocycles. The Labute approximate surface area is 122 Å². The van der Waals surface area contributed by atoms with Gasteiger partial charge in [-0.05, 0) is 32.4 Å². The van der Waals surface area contributed by atoms with Crippen LogP contribution in [-0.2, 0) is 14.8 Å². The summed E-state index contributed by atoms with van der Waals surface area (Å²) in [4.78, 5) is 17.6. The molecule has 0 unspecified atom stereocenters. The van der Waals surface area contributed by atoms with Crippen LogP contribution in [0.5, 0.6) is 0 Å². The number of aromatic nitrogens is 2. The van der Waals surface area contributed by atoms with Crippen LogP contribution in [-0.4, -0.2) is 35.0 Å². The molecule has 21 heavy (non-hydrogen) atoms. The van der Waals surface area contributed by atoms with E-state index in [4.69, 9.17) is 5.11 Å². The molecule has 8 heteroatoms. The Bertz CT molecular complexity index is 765. The van der Waals surface area contributed by atoms with Crippen molar-refractivity contribution >= 4 is 27.0 Å². The molecular weight excluding hydrogens is 294 g/mol. The molecule has 0 atom stereocenters. The van der Waals surface area contributed by atoms with E-state index in [0.29, 0.717) is 11.0 Å². The number of fused-ring (bicyclic) bond motifs is 1. The van der Waals surface area contributed by atoms with Gasteiger partial charge in [-0.1, -0.05) is 0 Å². The average molecular weight is 311 g/mol. The van der Waals surface area contributed by atoms with Gasteiger partial charge >= 0.3 is 5.97 Å². The van der Waals surface area contributed by atoms with E-state index in [1.807, 2.05) is 0 Å². The Morgan fingerprint density at radius 2 is 2.19 bits per heavy atom. The Kier molecular flexibility index (Phi) is 4.02. The number of hydrogen-bond donors (Lipinski definition) is 3. The number of sulfonamides is 1.